The number of thiazole rings is 1. The Bertz CT molecular complexity index is 627. The fourth-order valence-electron chi connectivity index (χ4n) is 1.96. The Morgan fingerprint density at radius 3 is 2.95 bits per heavy atom. The number of hydrogen-bond acceptors (Lipinski definition) is 5. The van der Waals surface area contributed by atoms with Crippen molar-refractivity contribution < 1.29 is 14.3 Å². The summed E-state index contributed by atoms with van der Waals surface area (Å²) >= 11 is 1.59. The van der Waals surface area contributed by atoms with Gasteiger partial charge in [0.05, 0.1) is 17.3 Å². The van der Waals surface area contributed by atoms with Crippen LogP contribution in [0.2, 0.25) is 0 Å². The first kappa shape index (κ1) is 16.5. The summed E-state index contributed by atoms with van der Waals surface area (Å²) in [6, 6.07) is 7.08. The number of benzene rings is 1. The number of nitrogens with zero attached hydrogens (tertiary/aromatic N) is 1. The van der Waals surface area contributed by atoms with Gasteiger partial charge in [-0.15, -0.1) is 11.3 Å². The van der Waals surface area contributed by atoms with Gasteiger partial charge in [0.2, 0.25) is 0 Å². The van der Waals surface area contributed by atoms with Crippen LogP contribution >= 0.6 is 11.3 Å². The number of hydrogen-bond donors (Lipinski definition) is 1. The summed E-state index contributed by atoms with van der Waals surface area (Å²) in [6.45, 7) is 4.73. The van der Waals surface area contributed by atoms with Gasteiger partial charge in [-0.1, -0.05) is 6.07 Å². The largest absolute Gasteiger partial charge is 0.487 e. The molecule has 0 aliphatic rings. The zero-order valence-electron chi connectivity index (χ0n) is 13.0. The summed E-state index contributed by atoms with van der Waals surface area (Å²) in [7, 11) is 1.61. The van der Waals surface area contributed by atoms with E-state index in [1.54, 1.807) is 36.6 Å². The van der Waals surface area contributed by atoms with E-state index < -0.39 is 0 Å². The molecule has 0 radical (unpaired) electrons. The number of methoxy groups -OCH3 is 1. The molecule has 1 heterocycles. The molecule has 1 amide bonds. The topological polar surface area (TPSA) is 60.5 Å². The number of carbonyl (C=O) groups excluding carboxylic acids is 1. The van der Waals surface area contributed by atoms with Crippen LogP contribution in [0.1, 0.15) is 28.0 Å². The van der Waals surface area contributed by atoms with Crippen LogP contribution in [0.5, 0.6) is 5.75 Å². The molecule has 22 heavy (non-hydrogen) atoms. The maximum absolute atomic E-state index is 12.1. The molecular weight excluding hydrogens is 300 g/mol. The van der Waals surface area contributed by atoms with Gasteiger partial charge in [0.15, 0.2) is 0 Å². The van der Waals surface area contributed by atoms with Crippen molar-refractivity contribution in [2.24, 2.45) is 0 Å². The molecule has 1 unspecified atom stereocenters. The van der Waals surface area contributed by atoms with Crippen molar-refractivity contribution in [3.05, 3.63) is 45.9 Å². The van der Waals surface area contributed by atoms with E-state index in [9.17, 15) is 4.79 Å². The minimum Gasteiger partial charge on any atom is -0.487 e. The van der Waals surface area contributed by atoms with Gasteiger partial charge in [-0.3, -0.25) is 4.79 Å². The number of carbonyl (C=O) groups is 1. The third-order valence-electron chi connectivity index (χ3n) is 2.94. The Morgan fingerprint density at radius 2 is 2.27 bits per heavy atom. The van der Waals surface area contributed by atoms with E-state index in [1.165, 1.54) is 0 Å². The molecule has 0 bridgehead atoms. The number of amides is 1. The lowest BCUT2D eigenvalue weighted by Gasteiger charge is -2.13. The van der Waals surface area contributed by atoms with Gasteiger partial charge in [-0.2, -0.15) is 0 Å². The fourth-order valence-corrected chi connectivity index (χ4v) is 2.56. The molecule has 118 valence electrons. The normalized spacial score (nSPS) is 12.0. The number of aromatic nitrogens is 1. The molecule has 0 saturated heterocycles. The van der Waals surface area contributed by atoms with Crippen LogP contribution in [0.25, 0.3) is 0 Å². The van der Waals surface area contributed by atoms with Crippen molar-refractivity contribution in [1.82, 2.24) is 10.3 Å². The molecule has 2 aromatic rings. The molecule has 0 spiro atoms. The third kappa shape index (κ3) is 4.82. The maximum Gasteiger partial charge on any atom is 0.251 e. The molecule has 1 aromatic heterocycles. The summed E-state index contributed by atoms with van der Waals surface area (Å²) in [5.41, 5.74) is 1.46. The summed E-state index contributed by atoms with van der Waals surface area (Å²) in [6.07, 6.45) is 0. The van der Waals surface area contributed by atoms with E-state index in [4.69, 9.17) is 9.47 Å². The van der Waals surface area contributed by atoms with Gasteiger partial charge in [-0.25, -0.2) is 4.98 Å². The van der Waals surface area contributed by atoms with Gasteiger partial charge in [-0.05, 0) is 32.0 Å². The second kappa shape index (κ2) is 7.91. The zero-order chi connectivity index (χ0) is 15.9. The third-order valence-corrected chi connectivity index (χ3v) is 3.77. The van der Waals surface area contributed by atoms with E-state index in [2.05, 4.69) is 10.3 Å². The predicted octanol–water partition coefficient (Wildman–Crippen LogP) is 2.80. The number of nitrogens with one attached hydrogen (secondary N) is 1. The molecule has 0 saturated carbocycles. The summed E-state index contributed by atoms with van der Waals surface area (Å²) in [5, 5.41) is 5.85. The predicted molar refractivity (Wildman–Crippen MR) is 86.4 cm³/mol. The number of aryl methyl sites for hydroxylation is 1. The zero-order valence-corrected chi connectivity index (χ0v) is 13.8. The molecule has 2 rings (SSSR count). The van der Waals surface area contributed by atoms with Crippen LogP contribution in [0.15, 0.2) is 29.6 Å². The van der Waals surface area contributed by atoms with E-state index in [1.807, 2.05) is 25.3 Å². The van der Waals surface area contributed by atoms with E-state index in [0.717, 1.165) is 10.7 Å². The first-order valence-electron chi connectivity index (χ1n) is 7.02. The minimum absolute atomic E-state index is 0.0416. The average Bonchev–Trinajstić information content (AvgIpc) is 2.91. The highest BCUT2D eigenvalue weighted by atomic mass is 32.1. The molecule has 0 fully saturated rings. The van der Waals surface area contributed by atoms with Crippen molar-refractivity contribution in [2.45, 2.75) is 26.5 Å². The van der Waals surface area contributed by atoms with Crippen molar-refractivity contribution in [1.29, 1.82) is 0 Å². The van der Waals surface area contributed by atoms with Crippen molar-refractivity contribution >= 4 is 17.2 Å². The molecule has 1 N–H and O–H groups in total. The van der Waals surface area contributed by atoms with Crippen LogP contribution in [-0.2, 0) is 11.3 Å². The molecule has 0 aliphatic carbocycles. The number of ether oxygens (including phenoxy) is 2. The lowest BCUT2D eigenvalue weighted by atomic mass is 10.2. The van der Waals surface area contributed by atoms with Crippen LogP contribution in [0.4, 0.5) is 0 Å². The molecular formula is C16H20N2O3S. The SMILES string of the molecule is COCC(C)NC(=O)c1cccc(OCc2csc(C)n2)c1. The summed E-state index contributed by atoms with van der Waals surface area (Å²) in [4.78, 5) is 16.5. The van der Waals surface area contributed by atoms with Gasteiger partial charge in [0.25, 0.3) is 5.91 Å². The molecule has 5 nitrogen and oxygen atoms in total. The van der Waals surface area contributed by atoms with Gasteiger partial charge >= 0.3 is 0 Å². The number of rotatable bonds is 7. The summed E-state index contributed by atoms with van der Waals surface area (Å²) in [5.74, 6) is 0.511. The highest BCUT2D eigenvalue weighted by molar-refractivity contribution is 7.09. The Kier molecular flexibility index (Phi) is 5.91. The molecule has 1 atom stereocenters. The quantitative estimate of drug-likeness (QED) is 0.852. The molecule has 0 aliphatic heterocycles. The van der Waals surface area contributed by atoms with E-state index >= 15 is 0 Å². The fraction of sp³-hybridized carbons (Fsp3) is 0.375. The van der Waals surface area contributed by atoms with Crippen molar-refractivity contribution in [2.75, 3.05) is 13.7 Å². The van der Waals surface area contributed by atoms with Crippen molar-refractivity contribution in [3.63, 3.8) is 0 Å². The average molecular weight is 320 g/mol. The van der Waals surface area contributed by atoms with Crippen LogP contribution in [-0.4, -0.2) is 30.6 Å². The maximum atomic E-state index is 12.1. The second-order valence-electron chi connectivity index (χ2n) is 5.00. The van der Waals surface area contributed by atoms with Crippen LogP contribution in [0.3, 0.4) is 0 Å². The first-order chi connectivity index (χ1) is 10.6. The monoisotopic (exact) mass is 320 g/mol. The minimum atomic E-state index is -0.139. The van der Waals surface area contributed by atoms with Crippen LogP contribution in [0, 0.1) is 6.92 Å². The molecule has 1 aromatic carbocycles. The highest BCUT2D eigenvalue weighted by Gasteiger charge is 2.10. The Labute approximate surface area is 134 Å². The van der Waals surface area contributed by atoms with Crippen LogP contribution < -0.4 is 10.1 Å². The first-order valence-corrected chi connectivity index (χ1v) is 7.90. The van der Waals surface area contributed by atoms with Gasteiger partial charge in [0, 0.05) is 24.1 Å². The lowest BCUT2D eigenvalue weighted by molar-refractivity contribution is 0.0905. The Morgan fingerprint density at radius 1 is 1.45 bits per heavy atom. The second-order valence-corrected chi connectivity index (χ2v) is 6.07. The Hall–Kier alpha value is -1.92. The van der Waals surface area contributed by atoms with Crippen molar-refractivity contribution in [3.8, 4) is 5.75 Å². The summed E-state index contributed by atoms with van der Waals surface area (Å²) < 4.78 is 10.7. The smallest absolute Gasteiger partial charge is 0.251 e. The van der Waals surface area contributed by atoms with Gasteiger partial charge < -0.3 is 14.8 Å². The van der Waals surface area contributed by atoms with E-state index in [-0.39, 0.29) is 11.9 Å². The Balaban J connectivity index is 1.95. The van der Waals surface area contributed by atoms with Gasteiger partial charge in [0.1, 0.15) is 12.4 Å². The van der Waals surface area contributed by atoms with E-state index in [0.29, 0.717) is 24.5 Å². The standard InChI is InChI=1S/C16H20N2O3S/c1-11(8-20-3)17-16(19)13-5-4-6-15(7-13)21-9-14-10-22-12(2)18-14/h4-7,10-11H,8-9H2,1-3H3,(H,17,19). The molecule has 6 heteroatoms. The highest BCUT2D eigenvalue weighted by Crippen LogP contribution is 2.16. The lowest BCUT2D eigenvalue weighted by Crippen LogP contribution is -2.35.